The summed E-state index contributed by atoms with van der Waals surface area (Å²) in [6.07, 6.45) is 2.19. The number of amides is 1. The van der Waals surface area contributed by atoms with E-state index in [4.69, 9.17) is 0 Å². The number of aromatic nitrogens is 1. The van der Waals surface area contributed by atoms with Crippen molar-refractivity contribution in [1.29, 1.82) is 0 Å². The fraction of sp³-hybridized carbons (Fsp3) is 0.333. The zero-order valence-electron chi connectivity index (χ0n) is 11.2. The van der Waals surface area contributed by atoms with E-state index in [0.717, 1.165) is 29.6 Å². The Hall–Kier alpha value is -2.10. The largest absolute Gasteiger partial charge is 0.363 e. The second-order valence-corrected chi connectivity index (χ2v) is 5.19. The monoisotopic (exact) mass is 255 g/mol. The molecule has 1 aliphatic carbocycles. The van der Waals surface area contributed by atoms with Crippen LogP contribution in [0.3, 0.4) is 0 Å². The van der Waals surface area contributed by atoms with E-state index in [2.05, 4.69) is 10.3 Å². The van der Waals surface area contributed by atoms with E-state index in [1.807, 2.05) is 49.3 Å². The molecule has 0 atom stereocenters. The predicted octanol–water partition coefficient (Wildman–Crippen LogP) is 2.19. The molecule has 4 nitrogen and oxygen atoms in total. The summed E-state index contributed by atoms with van der Waals surface area (Å²) in [7, 11) is 3.86. The fourth-order valence-corrected chi connectivity index (χ4v) is 2.07. The Balaban J connectivity index is 2.10. The fourth-order valence-electron chi connectivity index (χ4n) is 2.07. The van der Waals surface area contributed by atoms with E-state index in [0.29, 0.717) is 11.6 Å². The quantitative estimate of drug-likeness (QED) is 0.914. The molecule has 0 spiro atoms. The molecule has 1 aliphatic rings. The van der Waals surface area contributed by atoms with Gasteiger partial charge in [-0.05, 0) is 25.0 Å². The predicted molar refractivity (Wildman–Crippen MR) is 76.6 cm³/mol. The average molecular weight is 255 g/mol. The maximum atomic E-state index is 12.3. The van der Waals surface area contributed by atoms with Crippen molar-refractivity contribution in [2.24, 2.45) is 0 Å². The minimum absolute atomic E-state index is 0.00389. The van der Waals surface area contributed by atoms with Crippen LogP contribution in [0.15, 0.2) is 30.3 Å². The number of anilines is 1. The summed E-state index contributed by atoms with van der Waals surface area (Å²) >= 11 is 0. The van der Waals surface area contributed by atoms with E-state index in [1.165, 1.54) is 0 Å². The number of benzene rings is 1. The average Bonchev–Trinajstić information content (AvgIpc) is 3.21. The van der Waals surface area contributed by atoms with Crippen LogP contribution < -0.4 is 10.2 Å². The lowest BCUT2D eigenvalue weighted by Gasteiger charge is -2.15. The van der Waals surface area contributed by atoms with Gasteiger partial charge in [0, 0.05) is 25.5 Å². The highest BCUT2D eigenvalue weighted by Crippen LogP contribution is 2.24. The van der Waals surface area contributed by atoms with Gasteiger partial charge in [0.1, 0.15) is 5.82 Å². The number of nitrogens with zero attached hydrogens (tertiary/aromatic N) is 2. The Morgan fingerprint density at radius 2 is 2.05 bits per heavy atom. The lowest BCUT2D eigenvalue weighted by atomic mass is 10.1. The summed E-state index contributed by atoms with van der Waals surface area (Å²) in [5.74, 6) is 0.809. The van der Waals surface area contributed by atoms with E-state index in [1.54, 1.807) is 0 Å². The van der Waals surface area contributed by atoms with Gasteiger partial charge in [0.25, 0.3) is 5.91 Å². The van der Waals surface area contributed by atoms with Crippen molar-refractivity contribution < 1.29 is 4.79 Å². The first-order chi connectivity index (χ1) is 9.15. The van der Waals surface area contributed by atoms with Crippen molar-refractivity contribution in [2.75, 3.05) is 19.0 Å². The summed E-state index contributed by atoms with van der Waals surface area (Å²) in [6, 6.07) is 9.99. The maximum absolute atomic E-state index is 12.3. The topological polar surface area (TPSA) is 45.2 Å². The SMILES string of the molecule is CN(C)c1cc(C(=O)NC2CC2)c2ccccc2n1. The lowest BCUT2D eigenvalue weighted by Crippen LogP contribution is -2.26. The molecule has 1 amide bonds. The second-order valence-electron chi connectivity index (χ2n) is 5.19. The highest BCUT2D eigenvalue weighted by Gasteiger charge is 2.25. The van der Waals surface area contributed by atoms with E-state index in [-0.39, 0.29) is 5.91 Å². The Kier molecular flexibility index (Phi) is 2.85. The lowest BCUT2D eigenvalue weighted by molar-refractivity contribution is 0.0952. The molecule has 1 heterocycles. The Morgan fingerprint density at radius 3 is 2.74 bits per heavy atom. The summed E-state index contributed by atoms with van der Waals surface area (Å²) in [5, 5.41) is 3.95. The zero-order valence-corrected chi connectivity index (χ0v) is 11.2. The van der Waals surface area contributed by atoms with Crippen LogP contribution in [0.1, 0.15) is 23.2 Å². The molecule has 3 rings (SSSR count). The molecular weight excluding hydrogens is 238 g/mol. The molecule has 0 unspecified atom stereocenters. The number of hydrogen-bond acceptors (Lipinski definition) is 3. The van der Waals surface area contributed by atoms with Crippen LogP contribution in [0, 0.1) is 0 Å². The minimum atomic E-state index is 0.00389. The van der Waals surface area contributed by atoms with Crippen LogP contribution in [0.5, 0.6) is 0 Å². The summed E-state index contributed by atoms with van der Waals surface area (Å²) in [6.45, 7) is 0. The summed E-state index contributed by atoms with van der Waals surface area (Å²) < 4.78 is 0. The number of pyridine rings is 1. The Morgan fingerprint density at radius 1 is 1.32 bits per heavy atom. The molecule has 0 bridgehead atoms. The van der Waals surface area contributed by atoms with Gasteiger partial charge in [0.15, 0.2) is 0 Å². The highest BCUT2D eigenvalue weighted by molar-refractivity contribution is 6.07. The summed E-state index contributed by atoms with van der Waals surface area (Å²) in [4.78, 5) is 18.8. The van der Waals surface area contributed by atoms with Crippen LogP contribution in [-0.4, -0.2) is 31.0 Å². The van der Waals surface area contributed by atoms with Gasteiger partial charge in [-0.3, -0.25) is 4.79 Å². The first-order valence-corrected chi connectivity index (χ1v) is 6.53. The normalized spacial score (nSPS) is 14.4. The van der Waals surface area contributed by atoms with Crippen LogP contribution in [0.4, 0.5) is 5.82 Å². The first-order valence-electron chi connectivity index (χ1n) is 6.53. The van der Waals surface area contributed by atoms with Crippen molar-refractivity contribution in [1.82, 2.24) is 10.3 Å². The van der Waals surface area contributed by atoms with Gasteiger partial charge in [-0.1, -0.05) is 18.2 Å². The number of rotatable bonds is 3. The second kappa shape index (κ2) is 4.53. The minimum Gasteiger partial charge on any atom is -0.363 e. The molecule has 98 valence electrons. The van der Waals surface area contributed by atoms with Gasteiger partial charge in [0.2, 0.25) is 0 Å². The molecule has 0 radical (unpaired) electrons. The molecule has 19 heavy (non-hydrogen) atoms. The van der Waals surface area contributed by atoms with Gasteiger partial charge in [-0.25, -0.2) is 4.98 Å². The van der Waals surface area contributed by atoms with Crippen LogP contribution in [0.2, 0.25) is 0 Å². The van der Waals surface area contributed by atoms with Crippen molar-refractivity contribution in [3.05, 3.63) is 35.9 Å². The number of carbonyl (C=O) groups is 1. The first kappa shape index (κ1) is 12.0. The van der Waals surface area contributed by atoms with Crippen LogP contribution in [-0.2, 0) is 0 Å². The van der Waals surface area contributed by atoms with Gasteiger partial charge in [0.05, 0.1) is 11.1 Å². The number of hydrogen-bond donors (Lipinski definition) is 1. The van der Waals surface area contributed by atoms with Crippen molar-refractivity contribution in [2.45, 2.75) is 18.9 Å². The third kappa shape index (κ3) is 2.38. The molecule has 1 N–H and O–H groups in total. The van der Waals surface area contributed by atoms with Crippen molar-refractivity contribution in [3.63, 3.8) is 0 Å². The molecule has 1 aromatic carbocycles. The molecule has 1 fully saturated rings. The molecule has 1 saturated carbocycles. The van der Waals surface area contributed by atoms with E-state index < -0.39 is 0 Å². The number of carbonyl (C=O) groups excluding carboxylic acids is 1. The molecule has 2 aromatic rings. The molecule has 0 saturated heterocycles. The van der Waals surface area contributed by atoms with Gasteiger partial charge >= 0.3 is 0 Å². The van der Waals surface area contributed by atoms with Crippen molar-refractivity contribution in [3.8, 4) is 0 Å². The van der Waals surface area contributed by atoms with Crippen molar-refractivity contribution >= 4 is 22.6 Å². The number of nitrogens with one attached hydrogen (secondary N) is 1. The third-order valence-electron chi connectivity index (χ3n) is 3.32. The van der Waals surface area contributed by atoms with E-state index in [9.17, 15) is 4.79 Å². The molecule has 4 heteroatoms. The summed E-state index contributed by atoms with van der Waals surface area (Å²) in [5.41, 5.74) is 1.57. The third-order valence-corrected chi connectivity index (χ3v) is 3.32. The Labute approximate surface area is 112 Å². The molecule has 0 aliphatic heterocycles. The number of fused-ring (bicyclic) bond motifs is 1. The molecule has 1 aromatic heterocycles. The maximum Gasteiger partial charge on any atom is 0.252 e. The standard InChI is InChI=1S/C15H17N3O/c1-18(2)14-9-12(15(19)16-10-7-8-10)11-5-3-4-6-13(11)17-14/h3-6,9-10H,7-8H2,1-2H3,(H,16,19). The number of para-hydroxylation sites is 1. The van der Waals surface area contributed by atoms with Crippen LogP contribution in [0.25, 0.3) is 10.9 Å². The van der Waals surface area contributed by atoms with Gasteiger partial charge in [-0.2, -0.15) is 0 Å². The van der Waals surface area contributed by atoms with Crippen LogP contribution >= 0.6 is 0 Å². The highest BCUT2D eigenvalue weighted by atomic mass is 16.1. The van der Waals surface area contributed by atoms with Gasteiger partial charge in [-0.15, -0.1) is 0 Å². The zero-order chi connectivity index (χ0) is 13.4. The smallest absolute Gasteiger partial charge is 0.252 e. The molecular formula is C15H17N3O. The Bertz CT molecular complexity index is 632. The van der Waals surface area contributed by atoms with Gasteiger partial charge < -0.3 is 10.2 Å². The van der Waals surface area contributed by atoms with E-state index >= 15 is 0 Å².